The van der Waals surface area contributed by atoms with Crippen molar-refractivity contribution in [1.82, 2.24) is 9.80 Å². The molecule has 1 aliphatic heterocycles. The highest BCUT2D eigenvalue weighted by molar-refractivity contribution is 8.00. The summed E-state index contributed by atoms with van der Waals surface area (Å²) in [5.74, 6) is 0.204. The molecule has 1 heterocycles. The number of fused-ring (bicyclic) bond motifs is 1. The molecule has 1 aliphatic carbocycles. The number of amides is 2. The number of piperidine rings is 1. The van der Waals surface area contributed by atoms with Crippen molar-refractivity contribution in [2.75, 3.05) is 33.0 Å². The summed E-state index contributed by atoms with van der Waals surface area (Å²) in [4.78, 5) is 41.4. The predicted octanol–water partition coefficient (Wildman–Crippen LogP) is 3.20. The second-order valence-electron chi connectivity index (χ2n) is 7.99. The maximum Gasteiger partial charge on any atom is 0.339 e. The standard InChI is InChI=1S/C22H30N2O4S/c1-23(2)21(26)15-29-19-12-6-4-10-17(19)22(27)28-14-20(25)24-13-7-9-16-8-3-5-11-18(16)24/h4,6,10,12,16,18H,3,5,7-9,11,13-15H2,1-2H3/t16-,18+/m0/s1. The third kappa shape index (κ3) is 5.53. The fraction of sp³-hybridized carbons (Fsp3) is 0.591. The molecule has 0 N–H and O–H groups in total. The van der Waals surface area contributed by atoms with Crippen molar-refractivity contribution in [3.8, 4) is 0 Å². The van der Waals surface area contributed by atoms with Gasteiger partial charge in [0.25, 0.3) is 5.91 Å². The summed E-state index contributed by atoms with van der Waals surface area (Å²) in [5.41, 5.74) is 0.394. The molecule has 1 saturated carbocycles. The average molecular weight is 419 g/mol. The van der Waals surface area contributed by atoms with Gasteiger partial charge in [0.1, 0.15) is 0 Å². The van der Waals surface area contributed by atoms with Crippen LogP contribution in [0.5, 0.6) is 0 Å². The van der Waals surface area contributed by atoms with Crippen molar-refractivity contribution in [3.63, 3.8) is 0 Å². The van der Waals surface area contributed by atoms with E-state index in [0.29, 0.717) is 22.4 Å². The minimum atomic E-state index is -0.518. The SMILES string of the molecule is CN(C)C(=O)CSc1ccccc1C(=O)OCC(=O)N1CCC[C@@H]2CCCC[C@H]21. The molecule has 2 amide bonds. The van der Waals surface area contributed by atoms with Gasteiger partial charge in [-0.25, -0.2) is 4.79 Å². The number of carbonyl (C=O) groups excluding carboxylic acids is 3. The Hall–Kier alpha value is -2.02. The summed E-state index contributed by atoms with van der Waals surface area (Å²) in [6.45, 7) is 0.536. The first-order valence-electron chi connectivity index (χ1n) is 10.4. The number of thioether (sulfide) groups is 1. The molecule has 0 bridgehead atoms. The third-order valence-electron chi connectivity index (χ3n) is 5.85. The van der Waals surface area contributed by atoms with Crippen molar-refractivity contribution in [3.05, 3.63) is 29.8 Å². The smallest absolute Gasteiger partial charge is 0.339 e. The quantitative estimate of drug-likeness (QED) is 0.524. The Labute approximate surface area is 176 Å². The Kier molecular flexibility index (Phi) is 7.58. The number of nitrogens with zero attached hydrogens (tertiary/aromatic N) is 2. The summed E-state index contributed by atoms with van der Waals surface area (Å²) in [6, 6.07) is 7.36. The van der Waals surface area contributed by atoms with E-state index in [1.807, 2.05) is 11.0 Å². The van der Waals surface area contributed by atoms with Crippen LogP contribution in [-0.2, 0) is 14.3 Å². The van der Waals surface area contributed by atoms with E-state index in [9.17, 15) is 14.4 Å². The molecular weight excluding hydrogens is 388 g/mol. The number of hydrogen-bond donors (Lipinski definition) is 0. The Morgan fingerprint density at radius 2 is 1.83 bits per heavy atom. The van der Waals surface area contributed by atoms with E-state index in [0.717, 1.165) is 19.4 Å². The monoisotopic (exact) mass is 418 g/mol. The van der Waals surface area contributed by atoms with Gasteiger partial charge in [-0.05, 0) is 43.7 Å². The maximum atomic E-state index is 12.8. The van der Waals surface area contributed by atoms with E-state index in [1.54, 1.807) is 32.3 Å². The second-order valence-corrected chi connectivity index (χ2v) is 9.01. The van der Waals surface area contributed by atoms with Crippen LogP contribution in [0.1, 0.15) is 48.9 Å². The van der Waals surface area contributed by atoms with Crippen LogP contribution >= 0.6 is 11.8 Å². The number of hydrogen-bond acceptors (Lipinski definition) is 5. The van der Waals surface area contributed by atoms with Gasteiger partial charge < -0.3 is 14.5 Å². The summed E-state index contributed by atoms with van der Waals surface area (Å²) in [6.07, 6.45) is 6.91. The van der Waals surface area contributed by atoms with Crippen LogP contribution in [-0.4, -0.2) is 66.6 Å². The first-order chi connectivity index (χ1) is 14.0. The van der Waals surface area contributed by atoms with Gasteiger partial charge in [0, 0.05) is 31.6 Å². The van der Waals surface area contributed by atoms with Crippen molar-refractivity contribution in [2.45, 2.75) is 49.5 Å². The molecule has 7 heteroatoms. The van der Waals surface area contributed by atoms with Gasteiger partial charge in [0.2, 0.25) is 5.91 Å². The van der Waals surface area contributed by atoms with Crippen LogP contribution in [0.3, 0.4) is 0 Å². The lowest BCUT2D eigenvalue weighted by Crippen LogP contribution is -2.50. The lowest BCUT2D eigenvalue weighted by atomic mass is 9.78. The zero-order valence-electron chi connectivity index (χ0n) is 17.3. The van der Waals surface area contributed by atoms with Crippen LogP contribution in [0, 0.1) is 5.92 Å². The number of carbonyl (C=O) groups is 3. The van der Waals surface area contributed by atoms with E-state index in [4.69, 9.17) is 4.74 Å². The minimum absolute atomic E-state index is 0.0273. The van der Waals surface area contributed by atoms with Crippen molar-refractivity contribution < 1.29 is 19.1 Å². The van der Waals surface area contributed by atoms with Gasteiger partial charge in [-0.2, -0.15) is 0 Å². The molecule has 158 valence electrons. The predicted molar refractivity (Wildman–Crippen MR) is 113 cm³/mol. The van der Waals surface area contributed by atoms with Crippen LogP contribution in [0.25, 0.3) is 0 Å². The van der Waals surface area contributed by atoms with Gasteiger partial charge in [0.05, 0.1) is 11.3 Å². The highest BCUT2D eigenvalue weighted by Crippen LogP contribution is 2.35. The van der Waals surface area contributed by atoms with E-state index in [1.165, 1.54) is 42.3 Å². The van der Waals surface area contributed by atoms with Gasteiger partial charge in [-0.15, -0.1) is 11.8 Å². The Morgan fingerprint density at radius 1 is 1.10 bits per heavy atom. The molecule has 0 spiro atoms. The zero-order valence-corrected chi connectivity index (χ0v) is 18.1. The van der Waals surface area contributed by atoms with Crippen LogP contribution < -0.4 is 0 Å². The van der Waals surface area contributed by atoms with Crippen molar-refractivity contribution in [2.24, 2.45) is 5.92 Å². The van der Waals surface area contributed by atoms with Crippen LogP contribution in [0.2, 0.25) is 0 Å². The molecule has 0 radical (unpaired) electrons. The summed E-state index contributed by atoms with van der Waals surface area (Å²) in [7, 11) is 3.40. The first kappa shape index (κ1) is 21.7. The number of ether oxygens (including phenoxy) is 1. The highest BCUT2D eigenvalue weighted by Gasteiger charge is 2.35. The van der Waals surface area contributed by atoms with Crippen LogP contribution in [0.4, 0.5) is 0 Å². The molecule has 6 nitrogen and oxygen atoms in total. The normalized spacial score (nSPS) is 21.2. The molecule has 1 aromatic rings. The lowest BCUT2D eigenvalue weighted by Gasteiger charge is -2.44. The van der Waals surface area contributed by atoms with Gasteiger partial charge >= 0.3 is 5.97 Å². The van der Waals surface area contributed by atoms with E-state index in [-0.39, 0.29) is 24.2 Å². The third-order valence-corrected chi connectivity index (χ3v) is 6.91. The number of rotatable bonds is 6. The average Bonchev–Trinajstić information content (AvgIpc) is 2.75. The topological polar surface area (TPSA) is 66.9 Å². The van der Waals surface area contributed by atoms with E-state index < -0.39 is 5.97 Å². The van der Waals surface area contributed by atoms with Gasteiger partial charge in [0.15, 0.2) is 6.61 Å². The molecule has 0 aromatic heterocycles. The van der Waals surface area contributed by atoms with Crippen molar-refractivity contribution >= 4 is 29.5 Å². The van der Waals surface area contributed by atoms with E-state index >= 15 is 0 Å². The van der Waals surface area contributed by atoms with E-state index in [2.05, 4.69) is 0 Å². The maximum absolute atomic E-state index is 12.8. The molecule has 1 aromatic carbocycles. The second kappa shape index (κ2) is 10.1. The number of benzene rings is 1. The molecule has 1 saturated heterocycles. The Balaban J connectivity index is 1.58. The highest BCUT2D eigenvalue weighted by atomic mass is 32.2. The molecule has 2 aliphatic rings. The lowest BCUT2D eigenvalue weighted by molar-refractivity contribution is -0.140. The van der Waals surface area contributed by atoms with Crippen molar-refractivity contribution in [1.29, 1.82) is 0 Å². The minimum Gasteiger partial charge on any atom is -0.452 e. The molecule has 2 fully saturated rings. The first-order valence-corrected chi connectivity index (χ1v) is 11.3. The molecular formula is C22H30N2O4S. The van der Waals surface area contributed by atoms with Crippen LogP contribution in [0.15, 0.2) is 29.2 Å². The molecule has 29 heavy (non-hydrogen) atoms. The summed E-state index contributed by atoms with van der Waals surface area (Å²) < 4.78 is 5.38. The fourth-order valence-electron chi connectivity index (χ4n) is 4.25. The van der Waals surface area contributed by atoms with Gasteiger partial charge in [-0.3, -0.25) is 9.59 Å². The largest absolute Gasteiger partial charge is 0.452 e. The Bertz CT molecular complexity index is 750. The molecule has 3 rings (SSSR count). The fourth-order valence-corrected chi connectivity index (χ4v) is 5.27. The molecule has 2 atom stereocenters. The number of likely N-dealkylation sites (tertiary alicyclic amines) is 1. The summed E-state index contributed by atoms with van der Waals surface area (Å²) in [5, 5.41) is 0. The zero-order chi connectivity index (χ0) is 20.8. The Morgan fingerprint density at radius 3 is 2.62 bits per heavy atom. The van der Waals surface area contributed by atoms with Gasteiger partial charge in [-0.1, -0.05) is 25.0 Å². The number of esters is 1. The summed E-state index contributed by atoms with van der Waals surface area (Å²) >= 11 is 1.30. The molecule has 0 unspecified atom stereocenters.